The van der Waals surface area contributed by atoms with Crippen molar-refractivity contribution in [2.45, 2.75) is 25.8 Å². The Morgan fingerprint density at radius 2 is 1.67 bits per heavy atom. The summed E-state index contributed by atoms with van der Waals surface area (Å²) in [5.74, 6) is 0.0122. The molecule has 1 N–H and O–H groups in total. The first-order valence-corrected chi connectivity index (χ1v) is 10.2. The Bertz CT molecular complexity index is 880. The quantitative estimate of drug-likeness (QED) is 0.727. The third kappa shape index (κ3) is 4.19. The second-order valence-electron chi connectivity index (χ2n) is 6.99. The molecule has 0 saturated carbocycles. The monoisotopic (exact) mass is 377 g/mol. The van der Waals surface area contributed by atoms with Crippen molar-refractivity contribution in [3.8, 4) is 11.1 Å². The van der Waals surface area contributed by atoms with Crippen molar-refractivity contribution in [3.05, 3.63) is 71.2 Å². The summed E-state index contributed by atoms with van der Waals surface area (Å²) in [5.41, 5.74) is 4.26. The number of carbonyl (C=O) groups is 1. The number of aromatic nitrogens is 1. The van der Waals surface area contributed by atoms with E-state index in [-0.39, 0.29) is 11.9 Å². The summed E-state index contributed by atoms with van der Waals surface area (Å²) in [6.45, 7) is 3.95. The molecule has 27 heavy (non-hydrogen) atoms. The molecule has 3 aromatic rings. The summed E-state index contributed by atoms with van der Waals surface area (Å²) in [6.07, 6.45) is 3.74. The van der Waals surface area contributed by atoms with E-state index in [0.717, 1.165) is 36.6 Å². The third-order valence-corrected chi connectivity index (χ3v) is 5.88. The van der Waals surface area contributed by atoms with Crippen LogP contribution in [0.4, 0.5) is 5.13 Å². The fourth-order valence-corrected chi connectivity index (χ4v) is 4.11. The summed E-state index contributed by atoms with van der Waals surface area (Å²) in [4.78, 5) is 19.2. The van der Waals surface area contributed by atoms with Gasteiger partial charge < -0.3 is 10.2 Å². The van der Waals surface area contributed by atoms with E-state index in [4.69, 9.17) is 0 Å². The molecule has 0 spiro atoms. The van der Waals surface area contributed by atoms with Crippen LogP contribution in [0, 0.1) is 6.92 Å². The first kappa shape index (κ1) is 17.7. The van der Waals surface area contributed by atoms with Gasteiger partial charge in [-0.1, -0.05) is 42.0 Å². The zero-order valence-electron chi connectivity index (χ0n) is 15.4. The average molecular weight is 378 g/mol. The van der Waals surface area contributed by atoms with Gasteiger partial charge in [0.2, 0.25) is 0 Å². The number of hydrogen-bond acceptors (Lipinski definition) is 4. The summed E-state index contributed by atoms with van der Waals surface area (Å²) >= 11 is 1.67. The first-order valence-electron chi connectivity index (χ1n) is 9.31. The van der Waals surface area contributed by atoms with Gasteiger partial charge in [-0.2, -0.15) is 0 Å². The number of anilines is 1. The van der Waals surface area contributed by atoms with Gasteiger partial charge in [-0.15, -0.1) is 11.3 Å². The van der Waals surface area contributed by atoms with Crippen LogP contribution in [0.15, 0.2) is 60.1 Å². The van der Waals surface area contributed by atoms with Crippen molar-refractivity contribution in [2.24, 2.45) is 0 Å². The minimum Gasteiger partial charge on any atom is -0.349 e. The lowest BCUT2D eigenvalue weighted by atomic mass is 10.0. The van der Waals surface area contributed by atoms with Crippen molar-refractivity contribution in [1.82, 2.24) is 10.3 Å². The Morgan fingerprint density at radius 3 is 2.26 bits per heavy atom. The van der Waals surface area contributed by atoms with Gasteiger partial charge in [0.15, 0.2) is 5.13 Å². The number of aryl methyl sites for hydroxylation is 1. The molecule has 1 amide bonds. The number of benzene rings is 2. The van der Waals surface area contributed by atoms with E-state index in [1.807, 2.05) is 35.8 Å². The second kappa shape index (κ2) is 7.92. The van der Waals surface area contributed by atoms with E-state index in [2.05, 4.69) is 46.4 Å². The van der Waals surface area contributed by atoms with Gasteiger partial charge in [0.05, 0.1) is 0 Å². The molecule has 1 aliphatic heterocycles. The van der Waals surface area contributed by atoms with Crippen LogP contribution < -0.4 is 10.2 Å². The van der Waals surface area contributed by atoms with E-state index in [9.17, 15) is 4.79 Å². The fraction of sp³-hybridized carbons (Fsp3) is 0.273. The van der Waals surface area contributed by atoms with Crippen LogP contribution in [0.1, 0.15) is 28.8 Å². The van der Waals surface area contributed by atoms with Gasteiger partial charge in [0.1, 0.15) is 0 Å². The molecule has 4 rings (SSSR count). The van der Waals surface area contributed by atoms with E-state index in [1.165, 1.54) is 11.1 Å². The van der Waals surface area contributed by atoms with Crippen molar-refractivity contribution in [2.75, 3.05) is 18.0 Å². The standard InChI is InChI=1S/C22H23N3OS/c1-16-2-4-17(5-3-16)18-6-8-19(9-7-18)21(26)24-20-10-13-25(14-11-20)22-23-12-15-27-22/h2-9,12,15,20H,10-11,13-14H2,1H3,(H,24,26). The zero-order chi connectivity index (χ0) is 18.6. The van der Waals surface area contributed by atoms with Gasteiger partial charge in [0.25, 0.3) is 5.91 Å². The minimum atomic E-state index is 0.0122. The lowest BCUT2D eigenvalue weighted by Gasteiger charge is -2.32. The molecule has 2 aromatic carbocycles. The molecule has 1 saturated heterocycles. The number of nitrogens with zero attached hydrogens (tertiary/aromatic N) is 2. The Labute approximate surface area is 163 Å². The van der Waals surface area contributed by atoms with Crippen LogP contribution >= 0.6 is 11.3 Å². The first-order chi connectivity index (χ1) is 13.2. The van der Waals surface area contributed by atoms with Crippen LogP contribution in [-0.4, -0.2) is 30.0 Å². The van der Waals surface area contributed by atoms with Gasteiger partial charge in [0, 0.05) is 36.3 Å². The van der Waals surface area contributed by atoms with E-state index in [0.29, 0.717) is 5.56 Å². The van der Waals surface area contributed by atoms with E-state index in [1.54, 1.807) is 11.3 Å². The zero-order valence-corrected chi connectivity index (χ0v) is 16.2. The molecule has 0 bridgehead atoms. The molecule has 1 aliphatic rings. The average Bonchev–Trinajstić information content (AvgIpc) is 3.24. The fourth-order valence-electron chi connectivity index (χ4n) is 3.42. The molecule has 0 radical (unpaired) electrons. The lowest BCUT2D eigenvalue weighted by molar-refractivity contribution is 0.0931. The maximum atomic E-state index is 12.6. The Hall–Kier alpha value is -2.66. The van der Waals surface area contributed by atoms with Crippen molar-refractivity contribution >= 4 is 22.4 Å². The molecule has 0 atom stereocenters. The van der Waals surface area contributed by atoms with Crippen LogP contribution in [0.25, 0.3) is 11.1 Å². The highest BCUT2D eigenvalue weighted by molar-refractivity contribution is 7.13. The number of amides is 1. The van der Waals surface area contributed by atoms with Crippen LogP contribution in [-0.2, 0) is 0 Å². The molecular weight excluding hydrogens is 354 g/mol. The number of carbonyl (C=O) groups excluding carboxylic acids is 1. The van der Waals surface area contributed by atoms with Crippen molar-refractivity contribution in [3.63, 3.8) is 0 Å². The summed E-state index contributed by atoms with van der Waals surface area (Å²) in [5, 5.41) is 6.26. The predicted octanol–water partition coefficient (Wildman–Crippen LogP) is 4.52. The second-order valence-corrected chi connectivity index (χ2v) is 7.87. The summed E-state index contributed by atoms with van der Waals surface area (Å²) < 4.78 is 0. The van der Waals surface area contributed by atoms with Crippen LogP contribution in [0.2, 0.25) is 0 Å². The number of rotatable bonds is 4. The largest absolute Gasteiger partial charge is 0.349 e. The Morgan fingerprint density at radius 1 is 1.04 bits per heavy atom. The molecule has 138 valence electrons. The van der Waals surface area contributed by atoms with Gasteiger partial charge in [-0.05, 0) is 43.0 Å². The predicted molar refractivity (Wildman–Crippen MR) is 111 cm³/mol. The normalized spacial score (nSPS) is 14.9. The van der Waals surface area contributed by atoms with Gasteiger partial charge in [-0.25, -0.2) is 4.98 Å². The maximum absolute atomic E-state index is 12.6. The number of hydrogen-bond donors (Lipinski definition) is 1. The number of thiazole rings is 1. The smallest absolute Gasteiger partial charge is 0.251 e. The molecule has 0 unspecified atom stereocenters. The van der Waals surface area contributed by atoms with Gasteiger partial charge >= 0.3 is 0 Å². The Balaban J connectivity index is 1.34. The molecule has 2 heterocycles. The third-order valence-electron chi connectivity index (χ3n) is 5.05. The molecular formula is C22H23N3OS. The topological polar surface area (TPSA) is 45.2 Å². The summed E-state index contributed by atoms with van der Waals surface area (Å²) in [7, 11) is 0. The highest BCUT2D eigenvalue weighted by Gasteiger charge is 2.22. The van der Waals surface area contributed by atoms with E-state index < -0.39 is 0 Å². The Kier molecular flexibility index (Phi) is 5.21. The molecule has 1 aromatic heterocycles. The lowest BCUT2D eigenvalue weighted by Crippen LogP contribution is -2.44. The van der Waals surface area contributed by atoms with Gasteiger partial charge in [-0.3, -0.25) is 4.79 Å². The van der Waals surface area contributed by atoms with Crippen molar-refractivity contribution in [1.29, 1.82) is 0 Å². The van der Waals surface area contributed by atoms with Crippen LogP contribution in [0.3, 0.4) is 0 Å². The SMILES string of the molecule is Cc1ccc(-c2ccc(C(=O)NC3CCN(c4nccs4)CC3)cc2)cc1. The highest BCUT2D eigenvalue weighted by Crippen LogP contribution is 2.23. The highest BCUT2D eigenvalue weighted by atomic mass is 32.1. The maximum Gasteiger partial charge on any atom is 0.251 e. The summed E-state index contributed by atoms with van der Waals surface area (Å²) in [6, 6.07) is 16.5. The minimum absolute atomic E-state index is 0.0122. The molecule has 1 fully saturated rings. The molecule has 5 heteroatoms. The van der Waals surface area contributed by atoms with Crippen molar-refractivity contribution < 1.29 is 4.79 Å². The van der Waals surface area contributed by atoms with Crippen LogP contribution in [0.5, 0.6) is 0 Å². The molecule has 4 nitrogen and oxygen atoms in total. The molecule has 0 aliphatic carbocycles. The number of piperidine rings is 1. The number of nitrogens with one attached hydrogen (secondary N) is 1. The van der Waals surface area contributed by atoms with E-state index >= 15 is 0 Å².